The SMILES string of the molecule is C[B]c1cccc(COC(C)C(F)(F)F)c1. The van der Waals surface area contributed by atoms with Gasteiger partial charge in [-0.25, -0.2) is 0 Å². The van der Waals surface area contributed by atoms with Crippen molar-refractivity contribution in [3.63, 3.8) is 0 Å². The summed E-state index contributed by atoms with van der Waals surface area (Å²) in [5.74, 6) is 0. The highest BCUT2D eigenvalue weighted by atomic mass is 19.4. The number of rotatable bonds is 4. The van der Waals surface area contributed by atoms with Gasteiger partial charge in [0.05, 0.1) is 6.61 Å². The van der Waals surface area contributed by atoms with Gasteiger partial charge < -0.3 is 4.74 Å². The fraction of sp³-hybridized carbons (Fsp3) is 0.455. The van der Waals surface area contributed by atoms with Crippen LogP contribution in [0.5, 0.6) is 0 Å². The molecule has 0 aliphatic rings. The molecule has 1 radical (unpaired) electrons. The van der Waals surface area contributed by atoms with Gasteiger partial charge in [0.2, 0.25) is 0 Å². The molecule has 1 aromatic carbocycles. The van der Waals surface area contributed by atoms with Gasteiger partial charge in [0, 0.05) is 0 Å². The van der Waals surface area contributed by atoms with E-state index in [-0.39, 0.29) is 6.61 Å². The van der Waals surface area contributed by atoms with Crippen molar-refractivity contribution in [1.82, 2.24) is 0 Å². The lowest BCUT2D eigenvalue weighted by molar-refractivity contribution is -0.217. The molecular weight excluding hydrogens is 216 g/mol. The summed E-state index contributed by atoms with van der Waals surface area (Å²) in [6.07, 6.45) is -6.03. The number of hydrogen-bond donors (Lipinski definition) is 0. The van der Waals surface area contributed by atoms with Crippen LogP contribution in [0.25, 0.3) is 0 Å². The van der Waals surface area contributed by atoms with Crippen LogP contribution in [0, 0.1) is 0 Å². The summed E-state index contributed by atoms with van der Waals surface area (Å²) in [5, 5.41) is 0. The van der Waals surface area contributed by atoms with Gasteiger partial charge in [0.15, 0.2) is 6.10 Å². The minimum absolute atomic E-state index is 0.0254. The second-order valence-corrected chi connectivity index (χ2v) is 3.53. The number of halogens is 3. The summed E-state index contributed by atoms with van der Waals surface area (Å²) >= 11 is 0. The Kier molecular flexibility index (Phi) is 4.41. The number of benzene rings is 1. The molecule has 0 spiro atoms. The van der Waals surface area contributed by atoms with E-state index in [9.17, 15) is 13.2 Å². The molecule has 0 N–H and O–H groups in total. The molecule has 1 nitrogen and oxygen atoms in total. The van der Waals surface area contributed by atoms with Crippen LogP contribution in [-0.4, -0.2) is 19.6 Å². The highest BCUT2D eigenvalue weighted by molar-refractivity contribution is 6.51. The van der Waals surface area contributed by atoms with E-state index < -0.39 is 12.3 Å². The molecule has 0 bridgehead atoms. The summed E-state index contributed by atoms with van der Waals surface area (Å²) in [6.45, 7) is 2.86. The molecule has 0 fully saturated rings. The summed E-state index contributed by atoms with van der Waals surface area (Å²) in [4.78, 5) is 0. The first-order valence-corrected chi connectivity index (χ1v) is 5.00. The van der Waals surface area contributed by atoms with Crippen LogP contribution in [0.15, 0.2) is 24.3 Å². The fourth-order valence-electron chi connectivity index (χ4n) is 1.18. The maximum Gasteiger partial charge on any atom is 0.414 e. The van der Waals surface area contributed by atoms with Crippen molar-refractivity contribution in [1.29, 1.82) is 0 Å². The molecule has 0 aliphatic carbocycles. The Morgan fingerprint density at radius 3 is 2.62 bits per heavy atom. The van der Waals surface area contributed by atoms with E-state index in [1.165, 1.54) is 0 Å². The van der Waals surface area contributed by atoms with Crippen LogP contribution < -0.4 is 5.46 Å². The minimum atomic E-state index is -4.30. The predicted molar refractivity (Wildman–Crippen MR) is 58.0 cm³/mol. The first kappa shape index (κ1) is 13.1. The van der Waals surface area contributed by atoms with Crippen molar-refractivity contribution in [3.05, 3.63) is 29.8 Å². The molecule has 5 heteroatoms. The molecule has 1 rings (SSSR count). The van der Waals surface area contributed by atoms with Gasteiger partial charge in [-0.2, -0.15) is 13.2 Å². The Bertz CT molecular complexity index is 338. The molecular formula is C11H13BF3O. The number of alkyl halides is 3. The fourth-order valence-corrected chi connectivity index (χ4v) is 1.18. The zero-order chi connectivity index (χ0) is 12.2. The van der Waals surface area contributed by atoms with Crippen molar-refractivity contribution in [3.8, 4) is 0 Å². The number of ether oxygens (including phenoxy) is 1. The van der Waals surface area contributed by atoms with E-state index in [1.54, 1.807) is 12.1 Å². The van der Waals surface area contributed by atoms with E-state index in [1.807, 2.05) is 26.2 Å². The van der Waals surface area contributed by atoms with E-state index in [0.717, 1.165) is 17.9 Å². The van der Waals surface area contributed by atoms with Crippen LogP contribution >= 0.6 is 0 Å². The molecule has 1 aromatic rings. The first-order valence-electron chi connectivity index (χ1n) is 5.00. The molecule has 0 saturated heterocycles. The maximum absolute atomic E-state index is 12.2. The highest BCUT2D eigenvalue weighted by Crippen LogP contribution is 2.23. The lowest BCUT2D eigenvalue weighted by Gasteiger charge is -2.16. The zero-order valence-electron chi connectivity index (χ0n) is 9.21. The van der Waals surface area contributed by atoms with Crippen molar-refractivity contribution < 1.29 is 17.9 Å². The molecule has 1 unspecified atom stereocenters. The van der Waals surface area contributed by atoms with Gasteiger partial charge >= 0.3 is 6.18 Å². The average Bonchev–Trinajstić information content (AvgIpc) is 2.25. The van der Waals surface area contributed by atoms with E-state index >= 15 is 0 Å². The summed E-state index contributed by atoms with van der Waals surface area (Å²) < 4.78 is 41.3. The van der Waals surface area contributed by atoms with Crippen molar-refractivity contribution in [2.75, 3.05) is 0 Å². The number of hydrogen-bond acceptors (Lipinski definition) is 1. The first-order chi connectivity index (χ1) is 7.43. The second kappa shape index (κ2) is 5.39. The summed E-state index contributed by atoms with van der Waals surface area (Å²) in [7, 11) is 1.89. The largest absolute Gasteiger partial charge is 0.414 e. The van der Waals surface area contributed by atoms with E-state index in [2.05, 4.69) is 0 Å². The third-order valence-corrected chi connectivity index (χ3v) is 2.25. The summed E-state index contributed by atoms with van der Waals surface area (Å²) in [5.41, 5.74) is 1.72. The Hall–Kier alpha value is -0.965. The molecule has 0 amide bonds. The monoisotopic (exact) mass is 229 g/mol. The standard InChI is InChI=1S/C11H13BF3O/c1-8(11(13,14)15)16-7-9-4-3-5-10(6-9)12-2/h3-6,8H,7H2,1-2H3. The van der Waals surface area contributed by atoms with E-state index in [4.69, 9.17) is 4.74 Å². The van der Waals surface area contributed by atoms with Crippen molar-refractivity contribution in [2.24, 2.45) is 0 Å². The van der Waals surface area contributed by atoms with Crippen LogP contribution in [0.3, 0.4) is 0 Å². The van der Waals surface area contributed by atoms with E-state index in [0.29, 0.717) is 0 Å². The smallest absolute Gasteiger partial charge is 0.364 e. The lowest BCUT2D eigenvalue weighted by atomic mass is 9.73. The van der Waals surface area contributed by atoms with Gasteiger partial charge in [0.1, 0.15) is 7.28 Å². The van der Waals surface area contributed by atoms with Crippen molar-refractivity contribution in [2.45, 2.75) is 32.6 Å². The molecule has 0 aromatic heterocycles. The predicted octanol–water partition coefficient (Wildman–Crippen LogP) is 2.53. The Balaban J connectivity index is 2.54. The quantitative estimate of drug-likeness (QED) is 0.721. The third kappa shape index (κ3) is 3.89. The zero-order valence-corrected chi connectivity index (χ0v) is 9.21. The Morgan fingerprint density at radius 1 is 1.38 bits per heavy atom. The third-order valence-electron chi connectivity index (χ3n) is 2.25. The van der Waals surface area contributed by atoms with Crippen LogP contribution in [-0.2, 0) is 11.3 Å². The van der Waals surface area contributed by atoms with Crippen LogP contribution in [0.4, 0.5) is 13.2 Å². The Labute approximate surface area is 93.9 Å². The molecule has 0 aliphatic heterocycles. The molecule has 1 atom stereocenters. The van der Waals surface area contributed by atoms with Gasteiger partial charge in [-0.3, -0.25) is 0 Å². The molecule has 0 saturated carbocycles. The topological polar surface area (TPSA) is 9.23 Å². The van der Waals surface area contributed by atoms with Gasteiger partial charge in [-0.15, -0.1) is 0 Å². The minimum Gasteiger partial charge on any atom is -0.364 e. The highest BCUT2D eigenvalue weighted by Gasteiger charge is 2.36. The van der Waals surface area contributed by atoms with Crippen molar-refractivity contribution >= 4 is 12.7 Å². The van der Waals surface area contributed by atoms with Gasteiger partial charge in [-0.05, 0) is 12.5 Å². The maximum atomic E-state index is 12.2. The van der Waals surface area contributed by atoms with Crippen LogP contribution in [0.1, 0.15) is 12.5 Å². The lowest BCUT2D eigenvalue weighted by Crippen LogP contribution is -2.28. The van der Waals surface area contributed by atoms with Gasteiger partial charge in [0.25, 0.3) is 0 Å². The van der Waals surface area contributed by atoms with Gasteiger partial charge in [-0.1, -0.05) is 36.6 Å². The summed E-state index contributed by atoms with van der Waals surface area (Å²) in [6, 6.07) is 7.24. The molecule has 16 heavy (non-hydrogen) atoms. The molecule has 87 valence electrons. The molecule has 0 heterocycles. The second-order valence-electron chi connectivity index (χ2n) is 3.53. The average molecular weight is 229 g/mol. The normalized spacial score (nSPS) is 13.6. The van der Waals surface area contributed by atoms with Crippen LogP contribution in [0.2, 0.25) is 6.82 Å². The Morgan fingerprint density at radius 2 is 2.06 bits per heavy atom.